The zero-order valence-electron chi connectivity index (χ0n) is 22.3. The summed E-state index contributed by atoms with van der Waals surface area (Å²) in [5, 5.41) is 10.6. The van der Waals surface area contributed by atoms with E-state index in [0.29, 0.717) is 16.8 Å². The Labute approximate surface area is 273 Å². The van der Waals surface area contributed by atoms with Gasteiger partial charge in [0.1, 0.15) is 0 Å². The molecule has 6 unspecified atom stereocenters. The van der Waals surface area contributed by atoms with Gasteiger partial charge >= 0.3 is 0 Å². The van der Waals surface area contributed by atoms with Crippen LogP contribution in [0.5, 0.6) is 17.2 Å². The molecule has 0 bridgehead atoms. The number of hydrogen-bond donors (Lipinski definition) is 1. The molecule has 0 aromatic heterocycles. The number of anilines is 1. The van der Waals surface area contributed by atoms with Crippen molar-refractivity contribution in [3.63, 3.8) is 0 Å². The van der Waals surface area contributed by atoms with Gasteiger partial charge < -0.3 is 14.6 Å². The van der Waals surface area contributed by atoms with Gasteiger partial charge in [0.15, 0.2) is 21.2 Å². The van der Waals surface area contributed by atoms with Gasteiger partial charge in [-0.3, -0.25) is 29.0 Å². The van der Waals surface area contributed by atoms with Crippen LogP contribution in [0.2, 0.25) is 0 Å². The van der Waals surface area contributed by atoms with E-state index >= 15 is 0 Å². The summed E-state index contributed by atoms with van der Waals surface area (Å²) >= 11 is 19.9. The molecule has 2 heterocycles. The number of phenols is 1. The Balaban J connectivity index is 1.55. The fourth-order valence-corrected chi connectivity index (χ4v) is 8.84. The van der Waals surface area contributed by atoms with Gasteiger partial charge in [0.05, 0.1) is 37.2 Å². The SMILES string of the molecule is COc1cc(C2C3=CCC4C(=O)N(c5ccc(I)cc5)C(=O)C4C3CC3(Cl)C(=O)N(CBr)C(=O)C23Cl)cc(OC)c1O. The van der Waals surface area contributed by atoms with Crippen LogP contribution in [-0.4, -0.2) is 63.1 Å². The third kappa shape index (κ3) is 3.85. The summed E-state index contributed by atoms with van der Waals surface area (Å²) in [5.41, 5.74) is 1.36. The molecule has 6 atom stereocenters. The van der Waals surface area contributed by atoms with Crippen molar-refractivity contribution in [2.24, 2.45) is 17.8 Å². The molecule has 9 nitrogen and oxygen atoms in total. The van der Waals surface area contributed by atoms with Crippen molar-refractivity contribution < 1.29 is 33.8 Å². The molecule has 13 heteroatoms. The van der Waals surface area contributed by atoms with Crippen LogP contribution in [0.3, 0.4) is 0 Å². The highest BCUT2D eigenvalue weighted by Gasteiger charge is 2.76. The number of carbonyl (C=O) groups excluding carboxylic acids is 4. The van der Waals surface area contributed by atoms with E-state index in [1.54, 1.807) is 12.1 Å². The number of halogens is 4. The number of likely N-dealkylation sites (tertiary alicyclic amines) is 1. The standard InChI is InChI=1S/C29H24BrCl2IN2O7/c1-41-19-9-13(10-20(42-2)23(19)36)22-16-7-8-17-21(25(38)35(24(17)37)15-5-3-14(33)4-6-15)18(16)11-28(31)26(39)34(12-30)27(40)29(22,28)32/h3-7,9-10,17-18,21-22,36H,8,11-12H2,1-2H3. The second kappa shape index (κ2) is 10.4. The van der Waals surface area contributed by atoms with Crippen molar-refractivity contribution in [2.75, 3.05) is 24.6 Å². The van der Waals surface area contributed by atoms with Crippen LogP contribution in [-0.2, 0) is 19.2 Å². The molecule has 2 aromatic carbocycles. The Morgan fingerprint density at radius 1 is 1.00 bits per heavy atom. The molecule has 1 N–H and O–H groups in total. The van der Waals surface area contributed by atoms with Gasteiger partial charge in [-0.15, -0.1) is 23.2 Å². The van der Waals surface area contributed by atoms with E-state index < -0.39 is 51.1 Å². The zero-order chi connectivity index (χ0) is 30.3. The normalized spacial score (nSPS) is 32.0. The molecule has 0 spiro atoms. The number of carbonyl (C=O) groups is 4. The first-order valence-corrected chi connectivity index (χ1v) is 16.0. The molecule has 2 aliphatic carbocycles. The highest BCUT2D eigenvalue weighted by Crippen LogP contribution is 2.66. The van der Waals surface area contributed by atoms with E-state index in [2.05, 4.69) is 38.5 Å². The van der Waals surface area contributed by atoms with Crippen molar-refractivity contribution in [3.05, 3.63) is 57.2 Å². The molecule has 2 aliphatic heterocycles. The highest BCUT2D eigenvalue weighted by atomic mass is 127. The molecule has 42 heavy (non-hydrogen) atoms. The summed E-state index contributed by atoms with van der Waals surface area (Å²) in [6.07, 6.45) is 1.96. The fourth-order valence-electron chi connectivity index (χ4n) is 7.05. The lowest BCUT2D eigenvalue weighted by atomic mass is 9.56. The van der Waals surface area contributed by atoms with Crippen LogP contribution in [0, 0.1) is 21.3 Å². The number of allylic oxidation sites excluding steroid dienone is 2. The van der Waals surface area contributed by atoms with Crippen LogP contribution >= 0.6 is 61.7 Å². The molecule has 4 amide bonds. The predicted molar refractivity (Wildman–Crippen MR) is 166 cm³/mol. The number of methoxy groups -OCH3 is 2. The first-order chi connectivity index (χ1) is 19.9. The maximum absolute atomic E-state index is 14.1. The Kier molecular flexibility index (Phi) is 7.34. The third-order valence-electron chi connectivity index (χ3n) is 8.94. The highest BCUT2D eigenvalue weighted by molar-refractivity contribution is 14.1. The van der Waals surface area contributed by atoms with Crippen LogP contribution in [0.1, 0.15) is 24.3 Å². The maximum atomic E-state index is 14.1. The van der Waals surface area contributed by atoms with Crippen molar-refractivity contribution in [3.8, 4) is 17.2 Å². The largest absolute Gasteiger partial charge is 0.502 e. The number of fused-ring (bicyclic) bond motifs is 4. The van der Waals surface area contributed by atoms with E-state index in [1.165, 1.54) is 31.3 Å². The number of rotatable bonds is 5. The van der Waals surface area contributed by atoms with Crippen LogP contribution in [0.15, 0.2) is 48.0 Å². The molecular weight excluding hydrogens is 766 g/mol. The number of alkyl halides is 3. The predicted octanol–water partition coefficient (Wildman–Crippen LogP) is 4.93. The summed E-state index contributed by atoms with van der Waals surface area (Å²) < 4.78 is 11.7. The molecular formula is C29H24BrCl2IN2O7. The van der Waals surface area contributed by atoms with Crippen LogP contribution in [0.4, 0.5) is 5.69 Å². The number of nitrogens with zero attached hydrogens (tertiary/aromatic N) is 2. The van der Waals surface area contributed by atoms with Gasteiger partial charge in [0.25, 0.3) is 11.8 Å². The number of imide groups is 2. The Morgan fingerprint density at radius 2 is 1.62 bits per heavy atom. The number of hydrogen-bond acceptors (Lipinski definition) is 7. The monoisotopic (exact) mass is 788 g/mol. The van der Waals surface area contributed by atoms with E-state index in [9.17, 15) is 24.3 Å². The molecule has 2 aromatic rings. The summed E-state index contributed by atoms with van der Waals surface area (Å²) in [5.74, 6) is -5.41. The Bertz CT molecular complexity index is 1560. The number of ether oxygens (including phenoxy) is 2. The lowest BCUT2D eigenvalue weighted by molar-refractivity contribution is -0.138. The van der Waals surface area contributed by atoms with Gasteiger partial charge in [-0.1, -0.05) is 27.6 Å². The van der Waals surface area contributed by atoms with Gasteiger partial charge in [-0.25, -0.2) is 0 Å². The topological polar surface area (TPSA) is 113 Å². The quantitative estimate of drug-likeness (QED) is 0.150. The summed E-state index contributed by atoms with van der Waals surface area (Å²) in [6.45, 7) is 0. The molecule has 1 saturated carbocycles. The molecule has 0 radical (unpaired) electrons. The van der Waals surface area contributed by atoms with Crippen molar-refractivity contribution in [1.29, 1.82) is 0 Å². The number of amides is 4. The first kappa shape index (κ1) is 29.7. The van der Waals surface area contributed by atoms with Crippen LogP contribution < -0.4 is 14.4 Å². The second-order valence-corrected chi connectivity index (χ2v) is 13.7. The number of benzene rings is 2. The summed E-state index contributed by atoms with van der Waals surface area (Å²) in [7, 11) is 2.74. The van der Waals surface area contributed by atoms with Crippen LogP contribution in [0.25, 0.3) is 0 Å². The van der Waals surface area contributed by atoms with Crippen molar-refractivity contribution in [1.82, 2.24) is 4.90 Å². The zero-order valence-corrected chi connectivity index (χ0v) is 27.5. The Hall–Kier alpha value is -2.35. The summed E-state index contributed by atoms with van der Waals surface area (Å²) in [6, 6.07) is 10.1. The first-order valence-electron chi connectivity index (χ1n) is 13.0. The van der Waals surface area contributed by atoms with E-state index in [-0.39, 0.29) is 41.5 Å². The van der Waals surface area contributed by atoms with Crippen molar-refractivity contribution >= 4 is 91.0 Å². The maximum Gasteiger partial charge on any atom is 0.254 e. The molecule has 3 fully saturated rings. The van der Waals surface area contributed by atoms with Gasteiger partial charge in [-0.05, 0) is 83.3 Å². The molecule has 4 aliphatic rings. The average molecular weight is 790 g/mol. The van der Waals surface area contributed by atoms with Crippen molar-refractivity contribution in [2.45, 2.75) is 28.5 Å². The van der Waals surface area contributed by atoms with E-state index in [1.807, 2.05) is 18.2 Å². The minimum Gasteiger partial charge on any atom is -0.502 e. The lowest BCUT2D eigenvalue weighted by Crippen LogP contribution is -2.60. The molecule has 220 valence electrons. The summed E-state index contributed by atoms with van der Waals surface area (Å²) in [4.78, 5) is 53.7. The smallest absolute Gasteiger partial charge is 0.254 e. The second-order valence-electron chi connectivity index (χ2n) is 10.7. The number of phenolic OH excluding ortho intramolecular Hbond substituents is 1. The van der Waals surface area contributed by atoms with E-state index in [4.69, 9.17) is 32.7 Å². The Morgan fingerprint density at radius 3 is 2.19 bits per heavy atom. The van der Waals surface area contributed by atoms with E-state index in [0.717, 1.165) is 8.47 Å². The number of aromatic hydroxyl groups is 1. The third-order valence-corrected chi connectivity index (χ3v) is 11.6. The van der Waals surface area contributed by atoms with Gasteiger partial charge in [0.2, 0.25) is 17.6 Å². The fraction of sp³-hybridized carbons (Fsp3) is 0.379. The van der Waals surface area contributed by atoms with Gasteiger partial charge in [-0.2, -0.15) is 0 Å². The average Bonchev–Trinajstić information content (AvgIpc) is 3.31. The molecule has 6 rings (SSSR count). The molecule has 2 saturated heterocycles. The minimum absolute atomic E-state index is 0.0623. The minimum atomic E-state index is -1.98. The van der Waals surface area contributed by atoms with Gasteiger partial charge in [0, 0.05) is 9.49 Å². The lowest BCUT2D eigenvalue weighted by Gasteiger charge is -2.50.